The van der Waals surface area contributed by atoms with Gasteiger partial charge in [0.25, 0.3) is 0 Å². The maximum atomic E-state index is 12.1. The van der Waals surface area contributed by atoms with Crippen LogP contribution in [0.3, 0.4) is 0 Å². The van der Waals surface area contributed by atoms with Gasteiger partial charge in [0, 0.05) is 17.1 Å². The van der Waals surface area contributed by atoms with E-state index in [0.717, 1.165) is 0 Å². The molecule has 0 bridgehead atoms. The number of rotatable bonds is 4. The first-order chi connectivity index (χ1) is 8.66. The highest BCUT2D eigenvalue weighted by Gasteiger charge is 2.35. The second kappa shape index (κ2) is 5.80. The molecule has 1 aromatic carbocycles. The van der Waals surface area contributed by atoms with Gasteiger partial charge >= 0.3 is 5.97 Å². The number of likely N-dealkylation sites (N-methyl/N-ethyl adjacent to an activating group) is 1. The highest BCUT2D eigenvalue weighted by atomic mass is 35.5. The zero-order chi connectivity index (χ0) is 14.8. The predicted octanol–water partition coefficient (Wildman–Crippen LogP) is 2.86. The van der Waals surface area contributed by atoms with E-state index in [1.54, 1.807) is 18.2 Å². The number of aliphatic carboxylic acids is 1. The number of benzene rings is 1. The molecule has 6 heteroatoms. The number of carboxylic acid groups (broad SMARTS) is 1. The number of carboxylic acids is 1. The molecule has 0 fully saturated rings. The molecular weight excluding hydrogens is 289 g/mol. The maximum absolute atomic E-state index is 12.1. The van der Waals surface area contributed by atoms with Gasteiger partial charge in [0.05, 0.1) is 6.42 Å². The van der Waals surface area contributed by atoms with E-state index in [9.17, 15) is 9.59 Å². The van der Waals surface area contributed by atoms with Gasteiger partial charge in [0.1, 0.15) is 5.54 Å². The molecule has 1 amide bonds. The second-order valence-corrected chi connectivity index (χ2v) is 5.57. The Bertz CT molecular complexity index is 515. The highest BCUT2D eigenvalue weighted by molar-refractivity contribution is 6.35. The van der Waals surface area contributed by atoms with Crippen molar-refractivity contribution in [2.24, 2.45) is 0 Å². The first kappa shape index (κ1) is 15.8. The number of halogens is 2. The Labute approximate surface area is 121 Å². The van der Waals surface area contributed by atoms with E-state index in [1.165, 1.54) is 25.8 Å². The zero-order valence-electron chi connectivity index (χ0n) is 10.9. The summed E-state index contributed by atoms with van der Waals surface area (Å²) < 4.78 is 0. The van der Waals surface area contributed by atoms with Gasteiger partial charge in [0.15, 0.2) is 0 Å². The molecule has 0 aliphatic heterocycles. The monoisotopic (exact) mass is 303 g/mol. The topological polar surface area (TPSA) is 57.6 Å². The maximum Gasteiger partial charge on any atom is 0.329 e. The van der Waals surface area contributed by atoms with Gasteiger partial charge in [-0.25, -0.2) is 4.79 Å². The molecule has 0 saturated heterocycles. The minimum absolute atomic E-state index is 0.0310. The van der Waals surface area contributed by atoms with Crippen LogP contribution in [0.5, 0.6) is 0 Å². The van der Waals surface area contributed by atoms with Crippen LogP contribution in [0.15, 0.2) is 18.2 Å². The second-order valence-electron chi connectivity index (χ2n) is 4.73. The van der Waals surface area contributed by atoms with Crippen LogP contribution in [0.1, 0.15) is 19.4 Å². The van der Waals surface area contributed by atoms with Gasteiger partial charge in [-0.05, 0) is 31.5 Å². The lowest BCUT2D eigenvalue weighted by atomic mass is 10.0. The molecule has 1 rings (SSSR count). The molecule has 19 heavy (non-hydrogen) atoms. The zero-order valence-corrected chi connectivity index (χ0v) is 12.4. The van der Waals surface area contributed by atoms with E-state index in [-0.39, 0.29) is 12.3 Å². The minimum Gasteiger partial charge on any atom is -0.480 e. The van der Waals surface area contributed by atoms with Crippen molar-refractivity contribution in [2.45, 2.75) is 25.8 Å². The number of hydrogen-bond acceptors (Lipinski definition) is 2. The van der Waals surface area contributed by atoms with E-state index < -0.39 is 11.5 Å². The van der Waals surface area contributed by atoms with Crippen LogP contribution in [-0.4, -0.2) is 34.5 Å². The molecule has 1 aromatic rings. The fraction of sp³-hybridized carbons (Fsp3) is 0.385. The standard InChI is InChI=1S/C13H15Cl2NO3/c1-13(2,12(18)19)16(3)11(17)6-8-4-5-9(14)7-10(8)15/h4-5,7H,6H2,1-3H3,(H,18,19). The van der Waals surface area contributed by atoms with Crippen molar-refractivity contribution in [3.05, 3.63) is 33.8 Å². The van der Waals surface area contributed by atoms with Crippen molar-refractivity contribution < 1.29 is 14.7 Å². The Morgan fingerprint density at radius 3 is 2.37 bits per heavy atom. The molecule has 0 unspecified atom stereocenters. The Hall–Kier alpha value is -1.26. The highest BCUT2D eigenvalue weighted by Crippen LogP contribution is 2.23. The normalized spacial score (nSPS) is 11.2. The molecule has 0 aliphatic rings. The lowest BCUT2D eigenvalue weighted by Gasteiger charge is -2.31. The van der Waals surface area contributed by atoms with Crippen LogP contribution in [0.4, 0.5) is 0 Å². The average Bonchev–Trinajstić information content (AvgIpc) is 2.31. The van der Waals surface area contributed by atoms with Crippen LogP contribution in [0, 0.1) is 0 Å². The third kappa shape index (κ3) is 3.61. The van der Waals surface area contributed by atoms with Crippen LogP contribution in [0.2, 0.25) is 10.0 Å². The molecular formula is C13H15Cl2NO3. The molecule has 0 heterocycles. The summed E-state index contributed by atoms with van der Waals surface area (Å²) in [4.78, 5) is 24.4. The number of hydrogen-bond donors (Lipinski definition) is 1. The van der Waals surface area contributed by atoms with Crippen LogP contribution >= 0.6 is 23.2 Å². The Balaban J connectivity index is 2.88. The summed E-state index contributed by atoms with van der Waals surface area (Å²) in [7, 11) is 1.46. The molecule has 4 nitrogen and oxygen atoms in total. The fourth-order valence-corrected chi connectivity index (χ4v) is 1.88. The summed E-state index contributed by atoms with van der Waals surface area (Å²) in [5.41, 5.74) is -0.653. The summed E-state index contributed by atoms with van der Waals surface area (Å²) in [6.07, 6.45) is 0.0310. The SMILES string of the molecule is CN(C(=O)Cc1ccc(Cl)cc1Cl)C(C)(C)C(=O)O. The van der Waals surface area contributed by atoms with Gasteiger partial charge in [-0.3, -0.25) is 4.79 Å². The number of carbonyl (C=O) groups excluding carboxylic acids is 1. The van der Waals surface area contributed by atoms with Gasteiger partial charge in [-0.2, -0.15) is 0 Å². The van der Waals surface area contributed by atoms with Crippen molar-refractivity contribution in [1.29, 1.82) is 0 Å². The smallest absolute Gasteiger partial charge is 0.329 e. The summed E-state index contributed by atoms with van der Waals surface area (Å²) in [6, 6.07) is 4.84. The van der Waals surface area contributed by atoms with Gasteiger partial charge < -0.3 is 10.0 Å². The van der Waals surface area contributed by atoms with Crippen LogP contribution < -0.4 is 0 Å². The lowest BCUT2D eigenvalue weighted by Crippen LogP contribution is -2.51. The molecule has 0 aromatic heterocycles. The summed E-state index contributed by atoms with van der Waals surface area (Å²) >= 11 is 11.8. The van der Waals surface area contributed by atoms with Crippen molar-refractivity contribution in [3.8, 4) is 0 Å². The van der Waals surface area contributed by atoms with Gasteiger partial charge in [-0.15, -0.1) is 0 Å². The van der Waals surface area contributed by atoms with E-state index in [4.69, 9.17) is 28.3 Å². The number of nitrogens with zero attached hydrogens (tertiary/aromatic N) is 1. The van der Waals surface area contributed by atoms with Gasteiger partial charge in [-0.1, -0.05) is 29.3 Å². The first-order valence-electron chi connectivity index (χ1n) is 5.60. The predicted molar refractivity (Wildman–Crippen MR) is 74.7 cm³/mol. The number of amides is 1. The molecule has 0 saturated carbocycles. The molecule has 0 spiro atoms. The van der Waals surface area contributed by atoms with Crippen molar-refractivity contribution >= 4 is 35.1 Å². The van der Waals surface area contributed by atoms with Crippen molar-refractivity contribution in [2.75, 3.05) is 7.05 Å². The Morgan fingerprint density at radius 1 is 1.32 bits per heavy atom. The van der Waals surface area contributed by atoms with E-state index in [0.29, 0.717) is 15.6 Å². The molecule has 0 radical (unpaired) electrons. The van der Waals surface area contributed by atoms with Crippen molar-refractivity contribution in [1.82, 2.24) is 4.90 Å². The van der Waals surface area contributed by atoms with E-state index >= 15 is 0 Å². The summed E-state index contributed by atoms with van der Waals surface area (Å²) in [5, 5.41) is 9.96. The fourth-order valence-electron chi connectivity index (χ4n) is 1.40. The van der Waals surface area contributed by atoms with Crippen molar-refractivity contribution in [3.63, 3.8) is 0 Å². The summed E-state index contributed by atoms with van der Waals surface area (Å²) in [6.45, 7) is 2.94. The van der Waals surface area contributed by atoms with E-state index in [1.807, 2.05) is 0 Å². The summed E-state index contributed by atoms with van der Waals surface area (Å²) in [5.74, 6) is -1.39. The Kier molecular flexibility index (Phi) is 4.82. The lowest BCUT2D eigenvalue weighted by molar-refractivity contribution is -0.155. The van der Waals surface area contributed by atoms with Crippen LogP contribution in [-0.2, 0) is 16.0 Å². The third-order valence-corrected chi connectivity index (χ3v) is 3.68. The van der Waals surface area contributed by atoms with E-state index in [2.05, 4.69) is 0 Å². The average molecular weight is 304 g/mol. The van der Waals surface area contributed by atoms with Crippen LogP contribution in [0.25, 0.3) is 0 Å². The first-order valence-corrected chi connectivity index (χ1v) is 6.36. The Morgan fingerprint density at radius 2 is 1.89 bits per heavy atom. The molecule has 1 N–H and O–H groups in total. The quantitative estimate of drug-likeness (QED) is 0.930. The third-order valence-electron chi connectivity index (χ3n) is 3.09. The largest absolute Gasteiger partial charge is 0.480 e. The molecule has 0 aliphatic carbocycles. The minimum atomic E-state index is -1.27. The molecule has 104 valence electrons. The van der Waals surface area contributed by atoms with Gasteiger partial charge in [0.2, 0.25) is 5.91 Å². The molecule has 0 atom stereocenters. The number of carbonyl (C=O) groups is 2.